The molecule has 0 aliphatic carbocycles. The molecular formula is C19H30N4O2. The van der Waals surface area contributed by atoms with Gasteiger partial charge in [-0.05, 0) is 42.9 Å². The van der Waals surface area contributed by atoms with Crippen LogP contribution in [-0.4, -0.2) is 72.8 Å². The van der Waals surface area contributed by atoms with Crippen LogP contribution in [0.15, 0.2) is 24.5 Å². The van der Waals surface area contributed by atoms with Crippen molar-refractivity contribution in [2.24, 2.45) is 0 Å². The fourth-order valence-electron chi connectivity index (χ4n) is 3.84. The molecule has 1 aromatic heterocycles. The molecule has 138 valence electrons. The van der Waals surface area contributed by atoms with E-state index in [0.29, 0.717) is 12.0 Å². The fourth-order valence-corrected chi connectivity index (χ4v) is 3.84. The lowest BCUT2D eigenvalue weighted by Crippen LogP contribution is -2.51. The molecule has 6 nitrogen and oxygen atoms in total. The molecule has 2 saturated heterocycles. The predicted octanol–water partition coefficient (Wildman–Crippen LogP) is 2.08. The molecule has 0 radical (unpaired) electrons. The molecule has 1 aromatic rings. The van der Waals surface area contributed by atoms with Gasteiger partial charge < -0.3 is 15.0 Å². The Morgan fingerprint density at radius 2 is 1.92 bits per heavy atom. The molecular weight excluding hydrogens is 316 g/mol. The van der Waals surface area contributed by atoms with Gasteiger partial charge >= 0.3 is 6.03 Å². The molecule has 2 amide bonds. The smallest absolute Gasteiger partial charge is 0.317 e. The van der Waals surface area contributed by atoms with Gasteiger partial charge in [-0.3, -0.25) is 9.88 Å². The first-order valence-corrected chi connectivity index (χ1v) is 9.52. The summed E-state index contributed by atoms with van der Waals surface area (Å²) in [6.45, 7) is 8.09. The van der Waals surface area contributed by atoms with E-state index < -0.39 is 0 Å². The molecule has 0 spiro atoms. The molecule has 2 fully saturated rings. The average molecular weight is 346 g/mol. The topological polar surface area (TPSA) is 57.7 Å². The van der Waals surface area contributed by atoms with Gasteiger partial charge in [-0.15, -0.1) is 0 Å². The van der Waals surface area contributed by atoms with Gasteiger partial charge in [0.25, 0.3) is 0 Å². The van der Waals surface area contributed by atoms with Crippen molar-refractivity contribution in [1.82, 2.24) is 20.1 Å². The maximum Gasteiger partial charge on any atom is 0.317 e. The van der Waals surface area contributed by atoms with Gasteiger partial charge in [-0.2, -0.15) is 0 Å². The predicted molar refractivity (Wildman–Crippen MR) is 97.7 cm³/mol. The largest absolute Gasteiger partial charge is 0.379 e. The number of likely N-dealkylation sites (tertiary alicyclic amines) is 1. The van der Waals surface area contributed by atoms with Gasteiger partial charge in [0.15, 0.2) is 0 Å². The summed E-state index contributed by atoms with van der Waals surface area (Å²) in [5.74, 6) is 0.545. The Morgan fingerprint density at radius 3 is 2.56 bits per heavy atom. The maximum absolute atomic E-state index is 12.5. The summed E-state index contributed by atoms with van der Waals surface area (Å²) in [5.41, 5.74) is 1.34. The highest BCUT2D eigenvalue weighted by Crippen LogP contribution is 2.27. The number of piperidine rings is 1. The van der Waals surface area contributed by atoms with Crippen molar-refractivity contribution < 1.29 is 9.53 Å². The minimum absolute atomic E-state index is 0.0832. The first-order chi connectivity index (χ1) is 12.3. The third-order valence-electron chi connectivity index (χ3n) is 5.48. The second kappa shape index (κ2) is 9.15. The van der Waals surface area contributed by atoms with Crippen LogP contribution >= 0.6 is 0 Å². The van der Waals surface area contributed by atoms with Crippen LogP contribution in [-0.2, 0) is 4.74 Å². The van der Waals surface area contributed by atoms with Gasteiger partial charge in [0.2, 0.25) is 0 Å². The van der Waals surface area contributed by atoms with E-state index in [1.807, 2.05) is 17.3 Å². The number of pyridine rings is 1. The van der Waals surface area contributed by atoms with E-state index in [4.69, 9.17) is 4.74 Å². The maximum atomic E-state index is 12.5. The van der Waals surface area contributed by atoms with E-state index in [1.165, 1.54) is 5.56 Å². The van der Waals surface area contributed by atoms with E-state index in [-0.39, 0.29) is 6.03 Å². The fraction of sp³-hybridized carbons (Fsp3) is 0.684. The number of ether oxygens (including phenoxy) is 1. The molecule has 1 atom stereocenters. The average Bonchev–Trinajstić information content (AvgIpc) is 2.70. The lowest BCUT2D eigenvalue weighted by atomic mass is 9.90. The molecule has 3 heterocycles. The van der Waals surface area contributed by atoms with E-state index in [1.54, 1.807) is 0 Å². The van der Waals surface area contributed by atoms with Crippen LogP contribution in [0.2, 0.25) is 0 Å². The van der Waals surface area contributed by atoms with Crippen LogP contribution < -0.4 is 5.32 Å². The van der Waals surface area contributed by atoms with Crippen molar-refractivity contribution >= 4 is 6.03 Å². The number of carbonyl (C=O) groups excluding carboxylic acids is 1. The van der Waals surface area contributed by atoms with Gasteiger partial charge in [-0.25, -0.2) is 4.79 Å². The Balaban J connectivity index is 1.43. The normalized spacial score (nSPS) is 21.1. The van der Waals surface area contributed by atoms with Crippen molar-refractivity contribution in [1.29, 1.82) is 0 Å². The molecule has 0 bridgehead atoms. The van der Waals surface area contributed by atoms with Crippen molar-refractivity contribution in [2.45, 2.75) is 38.1 Å². The Labute approximate surface area is 150 Å². The van der Waals surface area contributed by atoms with E-state index >= 15 is 0 Å². The van der Waals surface area contributed by atoms with Crippen LogP contribution in [0.3, 0.4) is 0 Å². The van der Waals surface area contributed by atoms with E-state index in [9.17, 15) is 4.79 Å². The van der Waals surface area contributed by atoms with Crippen molar-refractivity contribution in [3.8, 4) is 0 Å². The minimum Gasteiger partial charge on any atom is -0.379 e. The second-order valence-electron chi connectivity index (χ2n) is 6.94. The second-order valence-corrected chi connectivity index (χ2v) is 6.94. The Kier molecular flexibility index (Phi) is 6.64. The molecule has 2 aliphatic heterocycles. The molecule has 0 aromatic carbocycles. The van der Waals surface area contributed by atoms with Crippen molar-refractivity contribution in [3.63, 3.8) is 0 Å². The van der Waals surface area contributed by atoms with Crippen molar-refractivity contribution in [3.05, 3.63) is 30.1 Å². The molecule has 3 rings (SSSR count). The van der Waals surface area contributed by atoms with Gasteiger partial charge in [0.05, 0.1) is 13.2 Å². The summed E-state index contributed by atoms with van der Waals surface area (Å²) >= 11 is 0. The standard InChI is InChI=1S/C19H30N4O2/c1-2-18(22-11-13-25-14-12-22)15-21-19(24)23-9-5-17(6-10-23)16-3-7-20-8-4-16/h3-4,7-8,17-18H,2,5-6,9-15H2,1H3,(H,21,24). The Bertz CT molecular complexity index is 525. The number of rotatable bonds is 5. The monoisotopic (exact) mass is 346 g/mol. The molecule has 0 saturated carbocycles. The molecule has 2 aliphatic rings. The molecule has 25 heavy (non-hydrogen) atoms. The van der Waals surface area contributed by atoms with Crippen LogP contribution in [0.1, 0.15) is 37.7 Å². The third kappa shape index (κ3) is 4.92. The number of urea groups is 1. The van der Waals surface area contributed by atoms with Gasteiger partial charge in [0, 0.05) is 51.2 Å². The highest BCUT2D eigenvalue weighted by atomic mass is 16.5. The minimum atomic E-state index is 0.0832. The summed E-state index contributed by atoms with van der Waals surface area (Å²) in [4.78, 5) is 21.0. The Hall–Kier alpha value is -1.66. The lowest BCUT2D eigenvalue weighted by Gasteiger charge is -2.35. The third-order valence-corrected chi connectivity index (χ3v) is 5.48. The van der Waals surface area contributed by atoms with E-state index in [2.05, 4.69) is 34.3 Å². The quantitative estimate of drug-likeness (QED) is 0.887. The summed E-state index contributed by atoms with van der Waals surface area (Å²) in [7, 11) is 0. The van der Waals surface area contributed by atoms with Crippen LogP contribution in [0.5, 0.6) is 0 Å². The van der Waals surface area contributed by atoms with Crippen LogP contribution in [0.4, 0.5) is 4.79 Å². The zero-order valence-electron chi connectivity index (χ0n) is 15.2. The molecule has 1 N–H and O–H groups in total. The van der Waals surface area contributed by atoms with Crippen LogP contribution in [0, 0.1) is 0 Å². The number of carbonyl (C=O) groups is 1. The lowest BCUT2D eigenvalue weighted by molar-refractivity contribution is 0.0161. The number of hydrogen-bond acceptors (Lipinski definition) is 4. The Morgan fingerprint density at radius 1 is 1.24 bits per heavy atom. The van der Waals surface area contributed by atoms with Crippen molar-refractivity contribution in [2.75, 3.05) is 45.9 Å². The first kappa shape index (κ1) is 18.1. The van der Waals surface area contributed by atoms with Gasteiger partial charge in [-0.1, -0.05) is 6.92 Å². The zero-order chi connectivity index (χ0) is 17.5. The van der Waals surface area contributed by atoms with Crippen LogP contribution in [0.25, 0.3) is 0 Å². The first-order valence-electron chi connectivity index (χ1n) is 9.52. The molecule has 1 unspecified atom stereocenters. The number of morpholine rings is 1. The zero-order valence-corrected chi connectivity index (χ0v) is 15.2. The number of amides is 2. The number of hydrogen-bond donors (Lipinski definition) is 1. The summed E-state index contributed by atoms with van der Waals surface area (Å²) in [6, 6.07) is 4.67. The number of aromatic nitrogens is 1. The highest BCUT2D eigenvalue weighted by molar-refractivity contribution is 5.74. The molecule has 6 heteroatoms. The van der Waals surface area contributed by atoms with E-state index in [0.717, 1.165) is 65.2 Å². The highest BCUT2D eigenvalue weighted by Gasteiger charge is 2.25. The van der Waals surface area contributed by atoms with Gasteiger partial charge in [0.1, 0.15) is 0 Å². The summed E-state index contributed by atoms with van der Waals surface area (Å²) < 4.78 is 5.42. The summed E-state index contributed by atoms with van der Waals surface area (Å²) in [6.07, 6.45) is 6.80. The number of nitrogens with one attached hydrogen (secondary N) is 1. The summed E-state index contributed by atoms with van der Waals surface area (Å²) in [5, 5.41) is 3.15. The SMILES string of the molecule is CCC(CNC(=O)N1CCC(c2ccncc2)CC1)N1CCOCC1. The number of nitrogens with zero attached hydrogens (tertiary/aromatic N) is 3.